The first kappa shape index (κ1) is 17.9. The van der Waals surface area contributed by atoms with Crippen molar-refractivity contribution < 1.29 is 9.53 Å². The molecule has 0 saturated carbocycles. The molecule has 1 aromatic heterocycles. The number of aromatic nitrogens is 1. The van der Waals surface area contributed by atoms with E-state index in [0.717, 1.165) is 43.4 Å². The second-order valence-electron chi connectivity index (χ2n) is 8.54. The molecule has 6 heteroatoms. The van der Waals surface area contributed by atoms with Gasteiger partial charge < -0.3 is 19.5 Å². The topological polar surface area (TPSA) is 63.6 Å². The van der Waals surface area contributed by atoms with E-state index in [1.165, 1.54) is 6.07 Å². The predicted molar refractivity (Wildman–Crippen MR) is 107 cm³/mol. The van der Waals surface area contributed by atoms with Crippen LogP contribution >= 0.6 is 0 Å². The fourth-order valence-corrected chi connectivity index (χ4v) is 5.70. The van der Waals surface area contributed by atoms with E-state index in [4.69, 9.17) is 4.74 Å². The van der Waals surface area contributed by atoms with Crippen LogP contribution in [-0.4, -0.2) is 53.3 Å². The van der Waals surface area contributed by atoms with Gasteiger partial charge in [-0.25, -0.2) is 0 Å². The molecule has 6 nitrogen and oxygen atoms in total. The minimum Gasteiger partial charge on any atom is -0.370 e. The van der Waals surface area contributed by atoms with Gasteiger partial charge in [0.1, 0.15) is 0 Å². The summed E-state index contributed by atoms with van der Waals surface area (Å²) in [5.41, 5.74) is 1.07. The molecule has 0 unspecified atom stereocenters. The highest BCUT2D eigenvalue weighted by Gasteiger charge is 2.62. The molecule has 1 spiro atoms. The van der Waals surface area contributed by atoms with Crippen LogP contribution in [0.15, 0.2) is 35.1 Å². The van der Waals surface area contributed by atoms with Gasteiger partial charge in [0.2, 0.25) is 0 Å². The van der Waals surface area contributed by atoms with Gasteiger partial charge in [0, 0.05) is 50.0 Å². The van der Waals surface area contributed by atoms with Crippen molar-refractivity contribution in [3.8, 4) is 0 Å². The Bertz CT molecular complexity index is 1000. The van der Waals surface area contributed by atoms with E-state index in [0.29, 0.717) is 23.9 Å². The first-order valence-corrected chi connectivity index (χ1v) is 10.3. The molecule has 3 fully saturated rings. The van der Waals surface area contributed by atoms with Crippen molar-refractivity contribution in [2.45, 2.75) is 31.5 Å². The number of para-hydroxylation sites is 1. The van der Waals surface area contributed by atoms with Gasteiger partial charge in [-0.1, -0.05) is 25.1 Å². The van der Waals surface area contributed by atoms with Gasteiger partial charge in [0.25, 0.3) is 11.5 Å². The lowest BCUT2D eigenvalue weighted by Gasteiger charge is -2.29. The van der Waals surface area contributed by atoms with E-state index >= 15 is 0 Å². The van der Waals surface area contributed by atoms with E-state index in [1.807, 2.05) is 24.3 Å². The molecular formula is C22H27N3O3. The van der Waals surface area contributed by atoms with Crippen LogP contribution in [-0.2, 0) is 11.8 Å². The summed E-state index contributed by atoms with van der Waals surface area (Å²) in [6, 6.07) is 9.00. The number of amides is 1. The fraction of sp³-hybridized carbons (Fsp3) is 0.545. The van der Waals surface area contributed by atoms with Gasteiger partial charge in [0.05, 0.1) is 22.8 Å². The van der Waals surface area contributed by atoms with Gasteiger partial charge in [-0.2, -0.15) is 0 Å². The summed E-state index contributed by atoms with van der Waals surface area (Å²) in [5.74, 6) is 0.676. The lowest BCUT2D eigenvalue weighted by Crippen LogP contribution is -2.42. The van der Waals surface area contributed by atoms with E-state index in [9.17, 15) is 9.59 Å². The standard InChI is InChI=1S/C22H27N3O3/c1-3-25-12-17-16(19-8-9-22(17,13-25)28-19)11-23-21(27)15-10-20(26)24(2)18-7-5-4-6-14(15)18/h4-7,10,16-17,19H,3,8-9,11-13H2,1-2H3,(H,23,27)/t16-,17+,19+,22+/m0/s1. The van der Waals surface area contributed by atoms with Crippen LogP contribution in [0, 0.1) is 11.8 Å². The number of fused-ring (bicyclic) bond motifs is 2. The lowest BCUT2D eigenvalue weighted by molar-refractivity contribution is 0.00317. The SMILES string of the molecule is CCN1C[C@@H]2[C@H](CNC(=O)c3cc(=O)n(C)c4ccccc34)[C@H]3CC[C@]2(C1)O3. The number of benzene rings is 1. The largest absolute Gasteiger partial charge is 0.370 e. The highest BCUT2D eigenvalue weighted by atomic mass is 16.5. The quantitative estimate of drug-likeness (QED) is 0.877. The molecule has 3 aliphatic rings. The normalized spacial score (nSPS) is 31.4. The average Bonchev–Trinajstić information content (AvgIpc) is 3.37. The molecule has 4 heterocycles. The molecule has 0 aliphatic carbocycles. The van der Waals surface area contributed by atoms with Gasteiger partial charge in [-0.05, 0) is 25.5 Å². The molecule has 2 aromatic rings. The number of hydrogen-bond acceptors (Lipinski definition) is 4. The van der Waals surface area contributed by atoms with Crippen molar-refractivity contribution in [1.29, 1.82) is 0 Å². The van der Waals surface area contributed by atoms with Crippen LogP contribution in [0.2, 0.25) is 0 Å². The third-order valence-electron chi connectivity index (χ3n) is 7.20. The van der Waals surface area contributed by atoms with Crippen LogP contribution in [0.1, 0.15) is 30.1 Å². The summed E-state index contributed by atoms with van der Waals surface area (Å²) >= 11 is 0. The Morgan fingerprint density at radius 1 is 1.36 bits per heavy atom. The Hall–Kier alpha value is -2.18. The summed E-state index contributed by atoms with van der Waals surface area (Å²) in [4.78, 5) is 27.8. The minimum absolute atomic E-state index is 0.00541. The van der Waals surface area contributed by atoms with E-state index < -0.39 is 0 Å². The molecular weight excluding hydrogens is 354 g/mol. The van der Waals surface area contributed by atoms with Crippen molar-refractivity contribution in [2.75, 3.05) is 26.2 Å². The monoisotopic (exact) mass is 381 g/mol. The maximum atomic E-state index is 13.0. The summed E-state index contributed by atoms with van der Waals surface area (Å²) in [6.45, 7) is 5.93. The van der Waals surface area contributed by atoms with Gasteiger partial charge >= 0.3 is 0 Å². The molecule has 0 radical (unpaired) electrons. The van der Waals surface area contributed by atoms with Gasteiger partial charge in [0.15, 0.2) is 0 Å². The molecule has 1 amide bonds. The predicted octanol–water partition coefficient (Wildman–Crippen LogP) is 1.77. The second kappa shape index (κ2) is 6.42. The zero-order chi connectivity index (χ0) is 19.5. The number of likely N-dealkylation sites (tertiary alicyclic amines) is 1. The van der Waals surface area contributed by atoms with Crippen LogP contribution in [0.3, 0.4) is 0 Å². The molecule has 4 atom stereocenters. The van der Waals surface area contributed by atoms with Crippen LogP contribution in [0.4, 0.5) is 0 Å². The third kappa shape index (κ3) is 2.54. The highest BCUT2D eigenvalue weighted by Crippen LogP contribution is 2.54. The minimum atomic E-state index is -0.170. The molecule has 1 N–H and O–H groups in total. The Morgan fingerprint density at radius 2 is 2.18 bits per heavy atom. The summed E-state index contributed by atoms with van der Waals surface area (Å²) in [5, 5.41) is 3.93. The summed E-state index contributed by atoms with van der Waals surface area (Å²) < 4.78 is 8.01. The van der Waals surface area contributed by atoms with E-state index in [1.54, 1.807) is 11.6 Å². The molecule has 2 bridgehead atoms. The smallest absolute Gasteiger partial charge is 0.252 e. The fourth-order valence-electron chi connectivity index (χ4n) is 5.70. The van der Waals surface area contributed by atoms with Crippen molar-refractivity contribution in [3.05, 3.63) is 46.2 Å². The van der Waals surface area contributed by atoms with Crippen molar-refractivity contribution in [1.82, 2.24) is 14.8 Å². The van der Waals surface area contributed by atoms with E-state index in [-0.39, 0.29) is 23.2 Å². The molecule has 28 heavy (non-hydrogen) atoms. The van der Waals surface area contributed by atoms with Crippen molar-refractivity contribution in [3.63, 3.8) is 0 Å². The number of rotatable bonds is 4. The Balaban J connectivity index is 1.37. The number of hydrogen-bond donors (Lipinski definition) is 1. The number of likely N-dealkylation sites (N-methyl/N-ethyl adjacent to an activating group) is 1. The number of nitrogens with one attached hydrogen (secondary N) is 1. The number of nitrogens with zero attached hydrogens (tertiary/aromatic N) is 2. The number of carbonyl (C=O) groups excluding carboxylic acids is 1. The number of ether oxygens (including phenoxy) is 1. The first-order chi connectivity index (χ1) is 13.5. The van der Waals surface area contributed by atoms with Gasteiger partial charge in [-0.15, -0.1) is 0 Å². The average molecular weight is 381 g/mol. The van der Waals surface area contributed by atoms with Gasteiger partial charge in [-0.3, -0.25) is 9.59 Å². The Kier molecular flexibility index (Phi) is 4.10. The molecule has 3 aliphatic heterocycles. The lowest BCUT2D eigenvalue weighted by atomic mass is 9.73. The Labute approximate surface area is 164 Å². The molecule has 1 aromatic carbocycles. The highest BCUT2D eigenvalue weighted by molar-refractivity contribution is 6.06. The second-order valence-corrected chi connectivity index (χ2v) is 8.54. The molecule has 148 valence electrons. The van der Waals surface area contributed by atoms with E-state index in [2.05, 4.69) is 17.1 Å². The number of pyridine rings is 1. The maximum absolute atomic E-state index is 13.0. The summed E-state index contributed by atoms with van der Waals surface area (Å²) in [7, 11) is 1.73. The number of aryl methyl sites for hydroxylation is 1. The van der Waals surface area contributed by atoms with Crippen molar-refractivity contribution >= 4 is 16.8 Å². The summed E-state index contributed by atoms with van der Waals surface area (Å²) in [6.07, 6.45) is 2.48. The Morgan fingerprint density at radius 3 is 3.00 bits per heavy atom. The number of carbonyl (C=O) groups is 1. The van der Waals surface area contributed by atoms with Crippen LogP contribution < -0.4 is 10.9 Å². The van der Waals surface area contributed by atoms with Crippen LogP contribution in [0.5, 0.6) is 0 Å². The third-order valence-corrected chi connectivity index (χ3v) is 7.20. The first-order valence-electron chi connectivity index (χ1n) is 10.3. The molecule has 3 saturated heterocycles. The maximum Gasteiger partial charge on any atom is 0.252 e. The zero-order valence-electron chi connectivity index (χ0n) is 16.5. The van der Waals surface area contributed by atoms with Crippen molar-refractivity contribution in [2.24, 2.45) is 18.9 Å². The van der Waals surface area contributed by atoms with Crippen LogP contribution in [0.25, 0.3) is 10.9 Å². The molecule has 5 rings (SSSR count). The zero-order valence-corrected chi connectivity index (χ0v) is 16.5.